The topological polar surface area (TPSA) is 29.1 Å². The van der Waals surface area contributed by atoms with Crippen molar-refractivity contribution in [1.29, 1.82) is 0 Å². The number of hydrogen-bond donors (Lipinski definition) is 1. The molecule has 0 unspecified atom stereocenters. The number of carbonyl (C=O) groups is 1. The van der Waals surface area contributed by atoms with Gasteiger partial charge in [0.25, 0.3) is 0 Å². The summed E-state index contributed by atoms with van der Waals surface area (Å²) in [6.45, 7) is 4.73. The van der Waals surface area contributed by atoms with Gasteiger partial charge in [0.15, 0.2) is 0 Å². The normalized spacial score (nSPS) is 11.3. The van der Waals surface area contributed by atoms with E-state index in [1.807, 2.05) is 6.92 Å². The van der Waals surface area contributed by atoms with Crippen LogP contribution in [0.4, 0.5) is 4.39 Å². The summed E-state index contributed by atoms with van der Waals surface area (Å²) < 4.78 is 12.2. The Morgan fingerprint density at radius 3 is 2.45 bits per heavy atom. The van der Waals surface area contributed by atoms with Crippen LogP contribution >= 0.6 is 0 Å². The Kier molecular flexibility index (Phi) is 4.08. The number of halogens is 1. The van der Waals surface area contributed by atoms with Crippen LogP contribution in [0.2, 0.25) is 0 Å². The zero-order valence-corrected chi connectivity index (χ0v) is 7.41. The Balaban J connectivity index is 3.74. The average Bonchev–Trinajstić information content (AvgIpc) is 1.87. The van der Waals surface area contributed by atoms with Crippen LogP contribution in [0.1, 0.15) is 33.6 Å². The van der Waals surface area contributed by atoms with Crippen LogP contribution < -0.4 is 5.32 Å². The van der Waals surface area contributed by atoms with E-state index in [1.165, 1.54) is 0 Å². The lowest BCUT2D eigenvalue weighted by molar-refractivity contribution is -0.122. The summed E-state index contributed by atoms with van der Waals surface area (Å²) in [6.07, 6.45) is 1.28. The van der Waals surface area contributed by atoms with Gasteiger partial charge in [-0.2, -0.15) is 0 Å². The summed E-state index contributed by atoms with van der Waals surface area (Å²) in [4.78, 5) is 10.9. The van der Waals surface area contributed by atoms with Gasteiger partial charge >= 0.3 is 0 Å². The Labute approximate surface area is 67.2 Å². The van der Waals surface area contributed by atoms with Crippen molar-refractivity contribution in [1.82, 2.24) is 5.32 Å². The number of hydrogen-bond acceptors (Lipinski definition) is 1. The second kappa shape index (κ2) is 4.31. The Hall–Kier alpha value is -0.600. The van der Waals surface area contributed by atoms with Gasteiger partial charge in [0.1, 0.15) is 6.67 Å². The minimum Gasteiger partial charge on any atom is -0.349 e. The molecule has 0 radical (unpaired) electrons. The van der Waals surface area contributed by atoms with Crippen LogP contribution in [0.15, 0.2) is 0 Å². The first-order valence-electron chi connectivity index (χ1n) is 3.89. The van der Waals surface area contributed by atoms with E-state index in [4.69, 9.17) is 0 Å². The van der Waals surface area contributed by atoms with Gasteiger partial charge in [-0.15, -0.1) is 0 Å². The quantitative estimate of drug-likeness (QED) is 0.667. The number of nitrogens with one attached hydrogen (secondary N) is 1. The molecule has 0 fully saturated rings. The third-order valence-electron chi connectivity index (χ3n) is 1.29. The molecule has 0 aromatic rings. The third-order valence-corrected chi connectivity index (χ3v) is 1.29. The van der Waals surface area contributed by atoms with E-state index in [0.717, 1.165) is 6.42 Å². The third kappa shape index (κ3) is 4.76. The highest BCUT2D eigenvalue weighted by Gasteiger charge is 2.18. The molecule has 3 heteroatoms. The Morgan fingerprint density at radius 2 is 2.09 bits per heavy atom. The van der Waals surface area contributed by atoms with Gasteiger partial charge in [-0.3, -0.25) is 4.79 Å². The first-order chi connectivity index (χ1) is 5.02. The molecule has 0 bridgehead atoms. The fourth-order valence-electron chi connectivity index (χ4n) is 0.700. The molecule has 0 rings (SSSR count). The van der Waals surface area contributed by atoms with Crippen molar-refractivity contribution in [2.75, 3.05) is 6.67 Å². The highest BCUT2D eigenvalue weighted by molar-refractivity contribution is 5.76. The maximum absolute atomic E-state index is 12.2. The summed E-state index contributed by atoms with van der Waals surface area (Å²) in [5.74, 6) is -0.0739. The Bertz CT molecular complexity index is 134. The second-order valence-corrected chi connectivity index (χ2v) is 3.32. The lowest BCUT2D eigenvalue weighted by atomic mass is 10.1. The van der Waals surface area contributed by atoms with E-state index < -0.39 is 12.2 Å². The number of rotatable bonds is 4. The van der Waals surface area contributed by atoms with Gasteiger partial charge < -0.3 is 5.32 Å². The highest BCUT2D eigenvalue weighted by atomic mass is 19.1. The molecular weight excluding hydrogens is 145 g/mol. The van der Waals surface area contributed by atoms with Crippen molar-refractivity contribution in [3.8, 4) is 0 Å². The molecule has 66 valence electrons. The Morgan fingerprint density at radius 1 is 1.55 bits per heavy atom. The smallest absolute Gasteiger partial charge is 0.220 e. The average molecular weight is 161 g/mol. The first kappa shape index (κ1) is 10.4. The lowest BCUT2D eigenvalue weighted by Crippen LogP contribution is -2.45. The van der Waals surface area contributed by atoms with E-state index in [2.05, 4.69) is 5.32 Å². The fourth-order valence-corrected chi connectivity index (χ4v) is 0.700. The van der Waals surface area contributed by atoms with Crippen molar-refractivity contribution in [3.63, 3.8) is 0 Å². The zero-order chi connectivity index (χ0) is 8.91. The summed E-state index contributed by atoms with van der Waals surface area (Å²) in [6, 6.07) is 0. The van der Waals surface area contributed by atoms with Crippen molar-refractivity contribution in [2.24, 2.45) is 0 Å². The van der Waals surface area contributed by atoms with Crippen LogP contribution in [0.3, 0.4) is 0 Å². The molecule has 0 saturated carbocycles. The largest absolute Gasteiger partial charge is 0.349 e. The molecule has 1 N–H and O–H groups in total. The summed E-state index contributed by atoms with van der Waals surface area (Å²) >= 11 is 0. The van der Waals surface area contributed by atoms with Crippen LogP contribution in [0.25, 0.3) is 0 Å². The van der Waals surface area contributed by atoms with E-state index in [9.17, 15) is 9.18 Å². The molecule has 1 amide bonds. The van der Waals surface area contributed by atoms with Crippen LogP contribution in [-0.4, -0.2) is 18.1 Å². The van der Waals surface area contributed by atoms with E-state index in [0.29, 0.717) is 6.42 Å². The van der Waals surface area contributed by atoms with Gasteiger partial charge in [0.05, 0.1) is 5.54 Å². The summed E-state index contributed by atoms with van der Waals surface area (Å²) in [7, 11) is 0. The molecule has 0 heterocycles. The molecular formula is C8H16FNO. The van der Waals surface area contributed by atoms with Crippen LogP contribution in [0, 0.1) is 0 Å². The highest BCUT2D eigenvalue weighted by Crippen LogP contribution is 2.02. The maximum atomic E-state index is 12.2. The maximum Gasteiger partial charge on any atom is 0.220 e. The van der Waals surface area contributed by atoms with E-state index >= 15 is 0 Å². The molecule has 0 aliphatic rings. The summed E-state index contributed by atoms with van der Waals surface area (Å²) in [5.41, 5.74) is -0.702. The van der Waals surface area contributed by atoms with Crippen molar-refractivity contribution in [3.05, 3.63) is 0 Å². The molecule has 2 nitrogen and oxygen atoms in total. The lowest BCUT2D eigenvalue weighted by Gasteiger charge is -2.22. The molecule has 0 saturated heterocycles. The van der Waals surface area contributed by atoms with Gasteiger partial charge in [-0.25, -0.2) is 4.39 Å². The van der Waals surface area contributed by atoms with Gasteiger partial charge in [0.2, 0.25) is 5.91 Å². The van der Waals surface area contributed by atoms with E-state index in [1.54, 1.807) is 13.8 Å². The van der Waals surface area contributed by atoms with Crippen molar-refractivity contribution in [2.45, 2.75) is 39.2 Å². The molecule has 0 aromatic heterocycles. The standard InChI is InChI=1S/C8H16FNO/c1-4-5-7(11)10-8(2,3)6-9/h4-6H2,1-3H3,(H,10,11). The van der Waals surface area contributed by atoms with Crippen molar-refractivity contribution >= 4 is 5.91 Å². The molecule has 0 aliphatic heterocycles. The predicted molar refractivity (Wildman–Crippen MR) is 43.1 cm³/mol. The fraction of sp³-hybridized carbons (Fsp3) is 0.875. The predicted octanol–water partition coefficient (Wildman–Crippen LogP) is 1.65. The van der Waals surface area contributed by atoms with Crippen LogP contribution in [0.5, 0.6) is 0 Å². The monoisotopic (exact) mass is 161 g/mol. The molecule has 0 spiro atoms. The number of alkyl halides is 1. The van der Waals surface area contributed by atoms with E-state index in [-0.39, 0.29) is 5.91 Å². The minimum atomic E-state index is -0.702. The molecule has 11 heavy (non-hydrogen) atoms. The van der Waals surface area contributed by atoms with Crippen LogP contribution in [-0.2, 0) is 4.79 Å². The van der Waals surface area contributed by atoms with Gasteiger partial charge in [0, 0.05) is 6.42 Å². The SMILES string of the molecule is CCCC(=O)NC(C)(C)CF. The second-order valence-electron chi connectivity index (χ2n) is 3.32. The number of amides is 1. The zero-order valence-electron chi connectivity index (χ0n) is 7.41. The molecule has 0 atom stereocenters. The first-order valence-corrected chi connectivity index (χ1v) is 3.89. The number of carbonyl (C=O) groups excluding carboxylic acids is 1. The molecule has 0 aromatic carbocycles. The van der Waals surface area contributed by atoms with Gasteiger partial charge in [-0.05, 0) is 20.3 Å². The van der Waals surface area contributed by atoms with Crippen molar-refractivity contribution < 1.29 is 9.18 Å². The van der Waals surface area contributed by atoms with Gasteiger partial charge in [-0.1, -0.05) is 6.92 Å². The molecule has 0 aliphatic carbocycles. The summed E-state index contributed by atoms with van der Waals surface area (Å²) in [5, 5.41) is 2.59. The minimum absolute atomic E-state index is 0.0739.